The van der Waals surface area contributed by atoms with Crippen LogP contribution in [0.3, 0.4) is 0 Å². The molecule has 0 spiro atoms. The lowest BCUT2D eigenvalue weighted by molar-refractivity contribution is -0.136. The Bertz CT molecular complexity index is 727. The normalized spacial score (nSPS) is 10.0. The number of rotatable bonds is 6. The van der Waals surface area contributed by atoms with Crippen molar-refractivity contribution in [3.05, 3.63) is 52.0 Å². The number of halogens is 1. The first kappa shape index (κ1) is 17.0. The van der Waals surface area contributed by atoms with Crippen molar-refractivity contribution in [2.75, 3.05) is 13.7 Å². The summed E-state index contributed by atoms with van der Waals surface area (Å²) in [5.74, 6) is 0.583. The second kappa shape index (κ2) is 7.78. The van der Waals surface area contributed by atoms with Crippen molar-refractivity contribution in [3.63, 3.8) is 0 Å². The van der Waals surface area contributed by atoms with Crippen LogP contribution in [0.25, 0.3) is 0 Å². The van der Waals surface area contributed by atoms with Gasteiger partial charge in [0.15, 0.2) is 18.1 Å². The van der Waals surface area contributed by atoms with Gasteiger partial charge in [-0.05, 0) is 48.9 Å². The number of ether oxygens (including phenoxy) is 3. The van der Waals surface area contributed by atoms with Crippen molar-refractivity contribution in [1.29, 1.82) is 0 Å². The molecule has 2 aromatic rings. The summed E-state index contributed by atoms with van der Waals surface area (Å²) in [6, 6.07) is 10.0. The molecule has 0 radical (unpaired) electrons. The van der Waals surface area contributed by atoms with Crippen molar-refractivity contribution < 1.29 is 23.8 Å². The third-order valence-electron chi connectivity index (χ3n) is 3.03. The second-order valence-corrected chi connectivity index (χ2v) is 5.62. The first-order chi connectivity index (χ1) is 11.0. The lowest BCUT2D eigenvalue weighted by atomic mass is 10.2. The van der Waals surface area contributed by atoms with Crippen LogP contribution in [0.15, 0.2) is 40.9 Å². The molecule has 0 bridgehead atoms. The van der Waals surface area contributed by atoms with Crippen LogP contribution in [0.2, 0.25) is 0 Å². The average molecular weight is 379 g/mol. The Hall–Kier alpha value is -2.34. The van der Waals surface area contributed by atoms with Gasteiger partial charge in [0.2, 0.25) is 0 Å². The molecule has 0 amide bonds. The Morgan fingerprint density at radius 1 is 1.13 bits per heavy atom. The molecule has 0 atom stereocenters. The highest BCUT2D eigenvalue weighted by atomic mass is 79.9. The zero-order valence-electron chi connectivity index (χ0n) is 12.7. The molecule has 0 aliphatic heterocycles. The number of methoxy groups -OCH3 is 1. The molecule has 2 rings (SSSR count). The molecule has 0 saturated carbocycles. The van der Waals surface area contributed by atoms with Gasteiger partial charge in [0.25, 0.3) is 0 Å². The maximum Gasteiger partial charge on any atom is 0.349 e. The van der Waals surface area contributed by atoms with E-state index in [-0.39, 0.29) is 12.4 Å². The maximum atomic E-state index is 11.9. The molecule has 120 valence electrons. The minimum atomic E-state index is -0.565. The monoisotopic (exact) mass is 378 g/mol. The van der Waals surface area contributed by atoms with Crippen LogP contribution in [0.1, 0.15) is 15.9 Å². The molecule has 2 aromatic carbocycles. The van der Waals surface area contributed by atoms with Crippen LogP contribution >= 0.6 is 15.9 Å². The molecule has 0 aromatic heterocycles. The summed E-state index contributed by atoms with van der Waals surface area (Å²) in [5, 5.41) is 0. The van der Waals surface area contributed by atoms with Crippen LogP contribution in [0.4, 0.5) is 0 Å². The molecular formula is C17H15BrO5. The summed E-state index contributed by atoms with van der Waals surface area (Å²) in [5.41, 5.74) is 1.34. The number of benzene rings is 2. The van der Waals surface area contributed by atoms with Gasteiger partial charge in [0.1, 0.15) is 12.0 Å². The summed E-state index contributed by atoms with van der Waals surface area (Å²) in [6.45, 7) is 1.65. The highest BCUT2D eigenvalue weighted by Gasteiger charge is 2.12. The second-order valence-electron chi connectivity index (χ2n) is 4.70. The fraction of sp³-hybridized carbons (Fsp3) is 0.176. The van der Waals surface area contributed by atoms with E-state index in [1.807, 2.05) is 19.1 Å². The smallest absolute Gasteiger partial charge is 0.349 e. The predicted molar refractivity (Wildman–Crippen MR) is 88.4 cm³/mol. The third-order valence-corrected chi connectivity index (χ3v) is 3.52. The van der Waals surface area contributed by atoms with Crippen molar-refractivity contribution >= 4 is 28.2 Å². The molecule has 0 unspecified atom stereocenters. The van der Waals surface area contributed by atoms with E-state index in [0.29, 0.717) is 23.3 Å². The van der Waals surface area contributed by atoms with Crippen molar-refractivity contribution in [1.82, 2.24) is 0 Å². The average Bonchev–Trinajstić information content (AvgIpc) is 2.54. The number of aryl methyl sites for hydroxylation is 1. The largest absolute Gasteiger partial charge is 0.493 e. The molecular weight excluding hydrogens is 364 g/mol. The molecule has 0 aliphatic rings. The van der Waals surface area contributed by atoms with Gasteiger partial charge in [-0.25, -0.2) is 4.79 Å². The van der Waals surface area contributed by atoms with Gasteiger partial charge in [-0.2, -0.15) is 0 Å². The van der Waals surface area contributed by atoms with Gasteiger partial charge < -0.3 is 14.2 Å². The molecule has 0 N–H and O–H groups in total. The Morgan fingerprint density at radius 2 is 1.87 bits per heavy atom. The van der Waals surface area contributed by atoms with Gasteiger partial charge in [-0.1, -0.05) is 15.9 Å². The Morgan fingerprint density at radius 3 is 2.52 bits per heavy atom. The number of hydrogen-bond donors (Lipinski definition) is 0. The van der Waals surface area contributed by atoms with Crippen molar-refractivity contribution in [3.8, 4) is 17.2 Å². The van der Waals surface area contributed by atoms with Gasteiger partial charge in [0.05, 0.1) is 7.11 Å². The van der Waals surface area contributed by atoms with Crippen LogP contribution in [-0.4, -0.2) is 26.0 Å². The topological polar surface area (TPSA) is 61.8 Å². The lowest BCUT2D eigenvalue weighted by Crippen LogP contribution is -2.18. The molecule has 0 heterocycles. The zero-order valence-corrected chi connectivity index (χ0v) is 14.3. The Kier molecular flexibility index (Phi) is 5.76. The van der Waals surface area contributed by atoms with Crippen LogP contribution < -0.4 is 14.2 Å². The van der Waals surface area contributed by atoms with E-state index in [4.69, 9.17) is 14.2 Å². The summed E-state index contributed by atoms with van der Waals surface area (Å²) >= 11 is 3.36. The zero-order chi connectivity index (χ0) is 16.8. The molecule has 23 heavy (non-hydrogen) atoms. The van der Waals surface area contributed by atoms with E-state index in [9.17, 15) is 9.59 Å². The SMILES string of the molecule is COc1cc(C=O)ccc1OC(=O)COc1ccc(Br)cc1C. The molecule has 6 heteroatoms. The highest BCUT2D eigenvalue weighted by molar-refractivity contribution is 9.10. The summed E-state index contributed by atoms with van der Waals surface area (Å²) in [6.07, 6.45) is 0.688. The minimum Gasteiger partial charge on any atom is -0.493 e. The van der Waals surface area contributed by atoms with E-state index >= 15 is 0 Å². The maximum absolute atomic E-state index is 11.9. The Labute approximate surface area is 142 Å². The Balaban J connectivity index is 2.01. The summed E-state index contributed by atoms with van der Waals surface area (Å²) < 4.78 is 16.7. The van der Waals surface area contributed by atoms with Gasteiger partial charge in [-0.15, -0.1) is 0 Å². The fourth-order valence-corrected chi connectivity index (χ4v) is 2.38. The standard InChI is InChI=1S/C17H15BrO5/c1-11-7-13(18)4-6-14(11)22-10-17(20)23-15-5-3-12(9-19)8-16(15)21-2/h3-9H,10H2,1-2H3. The van der Waals surface area contributed by atoms with Gasteiger partial charge >= 0.3 is 5.97 Å². The third kappa shape index (κ3) is 4.56. The van der Waals surface area contributed by atoms with Crippen LogP contribution in [0, 0.1) is 6.92 Å². The quantitative estimate of drug-likeness (QED) is 0.436. The number of carbonyl (C=O) groups is 2. The number of esters is 1. The number of carbonyl (C=O) groups excluding carboxylic acids is 2. The minimum absolute atomic E-state index is 0.235. The molecule has 0 saturated heterocycles. The van der Waals surface area contributed by atoms with E-state index < -0.39 is 5.97 Å². The highest BCUT2D eigenvalue weighted by Crippen LogP contribution is 2.28. The number of aldehydes is 1. The van der Waals surface area contributed by atoms with Crippen molar-refractivity contribution in [2.24, 2.45) is 0 Å². The fourth-order valence-electron chi connectivity index (χ4n) is 1.91. The molecule has 5 nitrogen and oxygen atoms in total. The summed E-state index contributed by atoms with van der Waals surface area (Å²) in [4.78, 5) is 22.6. The summed E-state index contributed by atoms with van der Waals surface area (Å²) in [7, 11) is 1.43. The van der Waals surface area contributed by atoms with E-state index in [1.165, 1.54) is 25.3 Å². The molecule has 0 aliphatic carbocycles. The number of hydrogen-bond acceptors (Lipinski definition) is 5. The first-order valence-corrected chi connectivity index (χ1v) is 7.55. The van der Waals surface area contributed by atoms with Crippen LogP contribution in [0.5, 0.6) is 17.2 Å². The lowest BCUT2D eigenvalue weighted by Gasteiger charge is -2.11. The first-order valence-electron chi connectivity index (χ1n) is 6.76. The van der Waals surface area contributed by atoms with Crippen LogP contribution in [-0.2, 0) is 4.79 Å². The molecule has 0 fully saturated rings. The van der Waals surface area contributed by atoms with E-state index in [1.54, 1.807) is 6.07 Å². The van der Waals surface area contributed by atoms with E-state index in [2.05, 4.69) is 15.9 Å². The van der Waals surface area contributed by atoms with Crippen molar-refractivity contribution in [2.45, 2.75) is 6.92 Å². The van der Waals surface area contributed by atoms with E-state index in [0.717, 1.165) is 10.0 Å². The van der Waals surface area contributed by atoms with Gasteiger partial charge in [0, 0.05) is 10.0 Å². The predicted octanol–water partition coefficient (Wildman–Crippen LogP) is 3.56. The van der Waals surface area contributed by atoms with Gasteiger partial charge in [-0.3, -0.25) is 4.79 Å².